The maximum Gasteiger partial charge on any atom is 0.258 e. The molecule has 2 aromatic rings. The average Bonchev–Trinajstić information content (AvgIpc) is 2.63. The molecule has 1 aliphatic heterocycles. The lowest BCUT2D eigenvalue weighted by molar-refractivity contribution is -0.135. The van der Waals surface area contributed by atoms with Crippen molar-refractivity contribution < 1.29 is 4.79 Å². The van der Waals surface area contributed by atoms with Crippen LogP contribution in [0.15, 0.2) is 29.1 Å². The molecule has 2 fully saturated rings. The summed E-state index contributed by atoms with van der Waals surface area (Å²) in [5.41, 5.74) is 0.568. The van der Waals surface area contributed by atoms with Gasteiger partial charge in [-0.2, -0.15) is 0 Å². The third-order valence-electron chi connectivity index (χ3n) is 6.02. The number of nitrogens with zero attached hydrogens (tertiary/aromatic N) is 2. The van der Waals surface area contributed by atoms with Gasteiger partial charge in [-0.15, -0.1) is 0 Å². The van der Waals surface area contributed by atoms with E-state index < -0.39 is 0 Å². The Morgan fingerprint density at radius 2 is 2.00 bits per heavy atom. The van der Waals surface area contributed by atoms with Crippen molar-refractivity contribution in [1.29, 1.82) is 0 Å². The monoisotopic (exact) mass is 353 g/mol. The number of amides is 1. The van der Waals surface area contributed by atoms with Crippen molar-refractivity contribution >= 4 is 16.8 Å². The van der Waals surface area contributed by atoms with Crippen LogP contribution in [0.2, 0.25) is 0 Å². The van der Waals surface area contributed by atoms with E-state index in [1.165, 1.54) is 32.1 Å². The summed E-state index contributed by atoms with van der Waals surface area (Å²) in [6, 6.07) is 7.75. The van der Waals surface area contributed by atoms with Crippen LogP contribution in [0.4, 0.5) is 0 Å². The fourth-order valence-corrected chi connectivity index (χ4v) is 4.31. The zero-order chi connectivity index (χ0) is 17.9. The molecule has 26 heavy (non-hydrogen) atoms. The summed E-state index contributed by atoms with van der Waals surface area (Å²) >= 11 is 0. The standard InChI is InChI=1S/C21H27N3O2/c25-20(24-13-4-3-8-16(24)14-15-6-5-7-15)12-11-19-22-18-10-2-1-9-17(18)21(26)23-19/h1-2,9-10,15-16H,3-8,11-14H2,(H,22,23,26). The van der Waals surface area contributed by atoms with Crippen molar-refractivity contribution in [1.82, 2.24) is 14.9 Å². The van der Waals surface area contributed by atoms with Crippen molar-refractivity contribution in [2.24, 2.45) is 5.92 Å². The third-order valence-corrected chi connectivity index (χ3v) is 6.02. The first-order valence-electron chi connectivity index (χ1n) is 9.98. The zero-order valence-electron chi connectivity index (χ0n) is 15.2. The van der Waals surface area contributed by atoms with E-state index in [9.17, 15) is 9.59 Å². The van der Waals surface area contributed by atoms with Gasteiger partial charge in [-0.25, -0.2) is 4.98 Å². The highest BCUT2D eigenvalue weighted by Crippen LogP contribution is 2.34. The topological polar surface area (TPSA) is 66.1 Å². The molecule has 2 heterocycles. The maximum absolute atomic E-state index is 12.8. The van der Waals surface area contributed by atoms with Crippen LogP contribution >= 0.6 is 0 Å². The van der Waals surface area contributed by atoms with Crippen molar-refractivity contribution in [3.8, 4) is 0 Å². The molecule has 1 saturated heterocycles. The van der Waals surface area contributed by atoms with Crippen LogP contribution in [0.3, 0.4) is 0 Å². The smallest absolute Gasteiger partial charge is 0.258 e. The van der Waals surface area contributed by atoms with Gasteiger partial charge < -0.3 is 9.88 Å². The molecule has 0 bridgehead atoms. The fourth-order valence-electron chi connectivity index (χ4n) is 4.31. The molecule has 1 N–H and O–H groups in total. The summed E-state index contributed by atoms with van der Waals surface area (Å²) in [5, 5.41) is 0.596. The number of carbonyl (C=O) groups is 1. The zero-order valence-corrected chi connectivity index (χ0v) is 15.2. The normalized spacial score (nSPS) is 20.9. The van der Waals surface area contributed by atoms with E-state index in [1.54, 1.807) is 6.07 Å². The summed E-state index contributed by atoms with van der Waals surface area (Å²) in [4.78, 5) is 34.5. The lowest BCUT2D eigenvalue weighted by Crippen LogP contribution is -2.45. The van der Waals surface area contributed by atoms with Gasteiger partial charge in [-0.05, 0) is 43.7 Å². The second-order valence-corrected chi connectivity index (χ2v) is 7.80. The highest BCUT2D eigenvalue weighted by atomic mass is 16.2. The summed E-state index contributed by atoms with van der Waals surface area (Å²) in [5.74, 6) is 1.64. The predicted octanol–water partition coefficient (Wildman–Crippen LogP) is 3.43. The van der Waals surface area contributed by atoms with Crippen molar-refractivity contribution in [2.45, 2.75) is 63.8 Å². The number of nitrogens with one attached hydrogen (secondary N) is 1. The number of H-pyrrole nitrogens is 1. The number of piperidine rings is 1. The maximum atomic E-state index is 12.8. The van der Waals surface area contributed by atoms with Gasteiger partial charge in [-0.3, -0.25) is 9.59 Å². The molecule has 5 nitrogen and oxygen atoms in total. The average molecular weight is 353 g/mol. The van der Waals surface area contributed by atoms with Gasteiger partial charge >= 0.3 is 0 Å². The largest absolute Gasteiger partial charge is 0.340 e. The Bertz CT molecular complexity index is 841. The number of carbonyl (C=O) groups excluding carboxylic acids is 1. The van der Waals surface area contributed by atoms with E-state index in [0.29, 0.717) is 35.6 Å². The minimum atomic E-state index is -0.126. The Morgan fingerprint density at radius 1 is 1.15 bits per heavy atom. The van der Waals surface area contributed by atoms with Gasteiger partial charge in [0.05, 0.1) is 10.9 Å². The van der Waals surface area contributed by atoms with Gasteiger partial charge in [0.15, 0.2) is 0 Å². The van der Waals surface area contributed by atoms with Crippen LogP contribution in [-0.2, 0) is 11.2 Å². The molecule has 5 heteroatoms. The minimum absolute atomic E-state index is 0.126. The molecule has 1 aromatic heterocycles. The number of fused-ring (bicyclic) bond motifs is 1. The summed E-state index contributed by atoms with van der Waals surface area (Å²) in [6.07, 6.45) is 9.60. The molecule has 1 unspecified atom stereocenters. The molecule has 1 aliphatic carbocycles. The number of hydrogen-bond acceptors (Lipinski definition) is 3. The number of likely N-dealkylation sites (tertiary alicyclic amines) is 1. The van der Waals surface area contributed by atoms with E-state index in [-0.39, 0.29) is 11.5 Å². The van der Waals surface area contributed by atoms with Crippen LogP contribution in [0.25, 0.3) is 10.9 Å². The molecule has 1 amide bonds. The number of para-hydroxylation sites is 1. The minimum Gasteiger partial charge on any atom is -0.340 e. The highest BCUT2D eigenvalue weighted by Gasteiger charge is 2.30. The molecular formula is C21H27N3O2. The number of hydrogen-bond donors (Lipinski definition) is 1. The molecule has 1 atom stereocenters. The predicted molar refractivity (Wildman–Crippen MR) is 102 cm³/mol. The van der Waals surface area contributed by atoms with Gasteiger partial charge in [0.25, 0.3) is 5.56 Å². The third kappa shape index (κ3) is 3.67. The van der Waals surface area contributed by atoms with E-state index in [0.717, 1.165) is 25.3 Å². The second-order valence-electron chi connectivity index (χ2n) is 7.80. The quantitative estimate of drug-likeness (QED) is 0.895. The Kier molecular flexibility index (Phi) is 5.05. The van der Waals surface area contributed by atoms with E-state index in [1.807, 2.05) is 18.2 Å². The molecular weight excluding hydrogens is 326 g/mol. The first-order chi connectivity index (χ1) is 12.7. The van der Waals surface area contributed by atoms with Gasteiger partial charge in [-0.1, -0.05) is 31.4 Å². The fraction of sp³-hybridized carbons (Fsp3) is 0.571. The summed E-state index contributed by atoms with van der Waals surface area (Å²) in [7, 11) is 0. The van der Waals surface area contributed by atoms with Crippen LogP contribution in [0, 0.1) is 5.92 Å². The molecule has 0 radical (unpaired) electrons. The van der Waals surface area contributed by atoms with Crippen molar-refractivity contribution in [3.05, 3.63) is 40.4 Å². The number of aromatic amines is 1. The second kappa shape index (κ2) is 7.60. The van der Waals surface area contributed by atoms with Crippen molar-refractivity contribution in [2.75, 3.05) is 6.54 Å². The van der Waals surface area contributed by atoms with Crippen LogP contribution < -0.4 is 5.56 Å². The highest BCUT2D eigenvalue weighted by molar-refractivity contribution is 5.78. The van der Waals surface area contributed by atoms with Crippen LogP contribution in [0.5, 0.6) is 0 Å². The number of aromatic nitrogens is 2. The number of benzene rings is 1. The molecule has 1 aromatic carbocycles. The lowest BCUT2D eigenvalue weighted by atomic mass is 9.79. The molecule has 0 spiro atoms. The van der Waals surface area contributed by atoms with E-state index in [4.69, 9.17) is 0 Å². The number of aryl methyl sites for hydroxylation is 1. The SMILES string of the molecule is O=C(CCc1nc2ccccc2c(=O)[nH]1)N1CCCCC1CC1CCC1. The Labute approximate surface area is 153 Å². The van der Waals surface area contributed by atoms with E-state index >= 15 is 0 Å². The van der Waals surface area contributed by atoms with Crippen molar-refractivity contribution in [3.63, 3.8) is 0 Å². The molecule has 4 rings (SSSR count). The molecule has 2 aliphatic rings. The Hall–Kier alpha value is -2.17. The van der Waals surface area contributed by atoms with Gasteiger partial charge in [0, 0.05) is 25.4 Å². The first-order valence-corrected chi connectivity index (χ1v) is 9.98. The first kappa shape index (κ1) is 17.3. The number of rotatable bonds is 5. The molecule has 138 valence electrons. The van der Waals surface area contributed by atoms with Gasteiger partial charge in [0.1, 0.15) is 5.82 Å². The van der Waals surface area contributed by atoms with Crippen LogP contribution in [0.1, 0.15) is 57.2 Å². The Morgan fingerprint density at radius 3 is 2.81 bits per heavy atom. The summed E-state index contributed by atoms with van der Waals surface area (Å²) in [6.45, 7) is 0.887. The molecule has 1 saturated carbocycles. The van der Waals surface area contributed by atoms with E-state index in [2.05, 4.69) is 14.9 Å². The summed E-state index contributed by atoms with van der Waals surface area (Å²) < 4.78 is 0. The van der Waals surface area contributed by atoms with Crippen LogP contribution in [-0.4, -0.2) is 33.4 Å². The van der Waals surface area contributed by atoms with Gasteiger partial charge in [0.2, 0.25) is 5.91 Å². The lowest BCUT2D eigenvalue weighted by Gasteiger charge is -2.39. The Balaban J connectivity index is 1.41.